The largest absolute Gasteiger partial charge is 0.495 e. The molecule has 0 N–H and O–H groups in total. The molecule has 0 atom stereocenters. The Morgan fingerprint density at radius 1 is 1.08 bits per heavy atom. The SMILES string of the molecule is COc1cc(C)sc1C(=O)N1CCN(c2cc(C)nc(C)c2)CC1. The number of amides is 1. The second-order valence-electron chi connectivity index (χ2n) is 6.14. The molecule has 3 heterocycles. The first-order valence-electron chi connectivity index (χ1n) is 8.12. The minimum absolute atomic E-state index is 0.0756. The van der Waals surface area contributed by atoms with Crippen molar-refractivity contribution in [3.63, 3.8) is 0 Å². The van der Waals surface area contributed by atoms with E-state index < -0.39 is 0 Å². The van der Waals surface area contributed by atoms with Crippen LogP contribution in [0.2, 0.25) is 0 Å². The van der Waals surface area contributed by atoms with Gasteiger partial charge in [-0.05, 0) is 39.0 Å². The molecule has 1 amide bonds. The number of hydrogen-bond donors (Lipinski definition) is 0. The summed E-state index contributed by atoms with van der Waals surface area (Å²) in [7, 11) is 1.62. The van der Waals surface area contributed by atoms with E-state index in [1.54, 1.807) is 7.11 Å². The molecule has 1 aliphatic rings. The van der Waals surface area contributed by atoms with Crippen LogP contribution < -0.4 is 9.64 Å². The highest BCUT2D eigenvalue weighted by Crippen LogP contribution is 2.30. The molecule has 1 saturated heterocycles. The minimum atomic E-state index is 0.0756. The molecule has 3 rings (SSSR count). The van der Waals surface area contributed by atoms with E-state index in [1.165, 1.54) is 17.0 Å². The molecule has 0 aromatic carbocycles. The molecule has 0 spiro atoms. The zero-order chi connectivity index (χ0) is 17.3. The van der Waals surface area contributed by atoms with Gasteiger partial charge in [-0.3, -0.25) is 9.78 Å². The van der Waals surface area contributed by atoms with Crippen LogP contribution in [0.25, 0.3) is 0 Å². The molecule has 5 nitrogen and oxygen atoms in total. The van der Waals surface area contributed by atoms with E-state index in [-0.39, 0.29) is 5.91 Å². The van der Waals surface area contributed by atoms with E-state index in [0.717, 1.165) is 42.4 Å². The lowest BCUT2D eigenvalue weighted by molar-refractivity contribution is 0.0748. The van der Waals surface area contributed by atoms with Crippen LogP contribution in [-0.2, 0) is 0 Å². The van der Waals surface area contributed by atoms with E-state index in [4.69, 9.17) is 4.74 Å². The Morgan fingerprint density at radius 3 is 2.29 bits per heavy atom. The summed E-state index contributed by atoms with van der Waals surface area (Å²) in [4.78, 5) is 23.2. The lowest BCUT2D eigenvalue weighted by Gasteiger charge is -2.36. The van der Waals surface area contributed by atoms with E-state index in [1.807, 2.05) is 31.7 Å². The number of nitrogens with zero attached hydrogens (tertiary/aromatic N) is 3. The quantitative estimate of drug-likeness (QED) is 0.858. The lowest BCUT2D eigenvalue weighted by atomic mass is 10.2. The Hall–Kier alpha value is -2.08. The van der Waals surface area contributed by atoms with Crippen LogP contribution in [0.3, 0.4) is 0 Å². The number of pyridine rings is 1. The van der Waals surface area contributed by atoms with Crippen molar-refractivity contribution in [2.24, 2.45) is 0 Å². The van der Waals surface area contributed by atoms with Gasteiger partial charge in [0, 0.05) is 48.1 Å². The first-order chi connectivity index (χ1) is 11.5. The van der Waals surface area contributed by atoms with Gasteiger partial charge in [0.15, 0.2) is 0 Å². The summed E-state index contributed by atoms with van der Waals surface area (Å²) in [5.41, 5.74) is 3.25. The summed E-state index contributed by atoms with van der Waals surface area (Å²) in [5, 5.41) is 0. The van der Waals surface area contributed by atoms with Crippen LogP contribution in [0, 0.1) is 20.8 Å². The van der Waals surface area contributed by atoms with Crippen molar-refractivity contribution >= 4 is 22.9 Å². The minimum Gasteiger partial charge on any atom is -0.495 e. The molecule has 6 heteroatoms. The van der Waals surface area contributed by atoms with Crippen molar-refractivity contribution in [2.75, 3.05) is 38.2 Å². The first-order valence-corrected chi connectivity index (χ1v) is 8.93. The normalized spacial score (nSPS) is 14.8. The van der Waals surface area contributed by atoms with Gasteiger partial charge in [0.1, 0.15) is 10.6 Å². The van der Waals surface area contributed by atoms with Crippen molar-refractivity contribution in [1.82, 2.24) is 9.88 Å². The molecular weight excluding hydrogens is 322 g/mol. The number of thiophene rings is 1. The molecule has 2 aromatic heterocycles. The molecule has 128 valence electrons. The van der Waals surface area contributed by atoms with Crippen LogP contribution in [-0.4, -0.2) is 49.1 Å². The Labute approximate surface area is 146 Å². The van der Waals surface area contributed by atoms with Crippen LogP contribution in [0.15, 0.2) is 18.2 Å². The number of aromatic nitrogens is 1. The second-order valence-corrected chi connectivity index (χ2v) is 7.40. The van der Waals surface area contributed by atoms with E-state index in [2.05, 4.69) is 22.0 Å². The van der Waals surface area contributed by atoms with E-state index in [0.29, 0.717) is 10.6 Å². The molecule has 24 heavy (non-hydrogen) atoms. The summed E-state index contributed by atoms with van der Waals surface area (Å²) in [6.45, 7) is 9.14. The second kappa shape index (κ2) is 6.81. The third kappa shape index (κ3) is 3.38. The van der Waals surface area contributed by atoms with Gasteiger partial charge in [-0.15, -0.1) is 11.3 Å². The zero-order valence-electron chi connectivity index (χ0n) is 14.6. The van der Waals surface area contributed by atoms with Crippen molar-refractivity contribution in [3.05, 3.63) is 39.3 Å². The summed E-state index contributed by atoms with van der Waals surface area (Å²) in [6, 6.07) is 6.14. The van der Waals surface area contributed by atoms with Gasteiger partial charge >= 0.3 is 0 Å². The summed E-state index contributed by atoms with van der Waals surface area (Å²) in [6.07, 6.45) is 0. The van der Waals surface area contributed by atoms with Gasteiger partial charge < -0.3 is 14.5 Å². The maximum atomic E-state index is 12.8. The van der Waals surface area contributed by atoms with Crippen molar-refractivity contribution in [1.29, 1.82) is 0 Å². The number of anilines is 1. The summed E-state index contributed by atoms with van der Waals surface area (Å²) < 4.78 is 5.34. The summed E-state index contributed by atoms with van der Waals surface area (Å²) in [5.74, 6) is 0.761. The Bertz CT molecular complexity index is 728. The average molecular weight is 345 g/mol. The lowest BCUT2D eigenvalue weighted by Crippen LogP contribution is -2.48. The molecular formula is C18H23N3O2S. The Morgan fingerprint density at radius 2 is 1.71 bits per heavy atom. The zero-order valence-corrected chi connectivity index (χ0v) is 15.4. The van der Waals surface area contributed by atoms with Crippen LogP contribution in [0.4, 0.5) is 5.69 Å². The summed E-state index contributed by atoms with van der Waals surface area (Å²) >= 11 is 1.50. The Kier molecular flexibility index (Phi) is 4.76. The van der Waals surface area contributed by atoms with E-state index in [9.17, 15) is 4.79 Å². The van der Waals surface area contributed by atoms with Crippen molar-refractivity contribution in [3.8, 4) is 5.75 Å². The highest BCUT2D eigenvalue weighted by atomic mass is 32.1. The van der Waals surface area contributed by atoms with E-state index >= 15 is 0 Å². The third-order valence-corrected chi connectivity index (χ3v) is 5.25. The number of hydrogen-bond acceptors (Lipinski definition) is 5. The van der Waals surface area contributed by atoms with Crippen LogP contribution >= 0.6 is 11.3 Å². The molecule has 0 bridgehead atoms. The average Bonchev–Trinajstić information content (AvgIpc) is 2.94. The first kappa shape index (κ1) is 16.8. The van der Waals surface area contributed by atoms with Crippen molar-refractivity contribution in [2.45, 2.75) is 20.8 Å². The standard InChI is InChI=1S/C18H23N3O2S/c1-12-9-15(10-13(2)19-12)20-5-7-21(8-6-20)18(22)17-16(23-4)11-14(3)24-17/h9-11H,5-8H2,1-4H3. The maximum absolute atomic E-state index is 12.8. The number of carbonyl (C=O) groups is 1. The molecule has 1 aliphatic heterocycles. The predicted octanol–water partition coefficient (Wildman–Crippen LogP) is 3.04. The third-order valence-electron chi connectivity index (χ3n) is 4.23. The fourth-order valence-electron chi connectivity index (χ4n) is 3.10. The number of carbonyl (C=O) groups excluding carboxylic acids is 1. The van der Waals surface area contributed by atoms with Crippen LogP contribution in [0.1, 0.15) is 25.9 Å². The molecule has 0 aliphatic carbocycles. The van der Waals surface area contributed by atoms with Gasteiger partial charge in [0.05, 0.1) is 7.11 Å². The predicted molar refractivity (Wildman–Crippen MR) is 97.4 cm³/mol. The van der Waals surface area contributed by atoms with Gasteiger partial charge in [-0.1, -0.05) is 0 Å². The molecule has 1 fully saturated rings. The number of aryl methyl sites for hydroxylation is 3. The van der Waals surface area contributed by atoms with Gasteiger partial charge in [0.25, 0.3) is 5.91 Å². The molecule has 0 radical (unpaired) electrons. The highest BCUT2D eigenvalue weighted by Gasteiger charge is 2.26. The topological polar surface area (TPSA) is 45.7 Å². The number of methoxy groups -OCH3 is 1. The Balaban J connectivity index is 1.69. The van der Waals surface area contributed by atoms with Gasteiger partial charge in [-0.2, -0.15) is 0 Å². The smallest absolute Gasteiger partial charge is 0.267 e. The number of piperazine rings is 1. The maximum Gasteiger partial charge on any atom is 0.267 e. The fraction of sp³-hybridized carbons (Fsp3) is 0.444. The van der Waals surface area contributed by atoms with Gasteiger partial charge in [0.2, 0.25) is 0 Å². The van der Waals surface area contributed by atoms with Gasteiger partial charge in [-0.25, -0.2) is 0 Å². The molecule has 2 aromatic rings. The monoisotopic (exact) mass is 345 g/mol. The van der Waals surface area contributed by atoms with Crippen LogP contribution in [0.5, 0.6) is 5.75 Å². The number of ether oxygens (including phenoxy) is 1. The molecule has 0 saturated carbocycles. The molecule has 0 unspecified atom stereocenters. The van der Waals surface area contributed by atoms with Crippen molar-refractivity contribution < 1.29 is 9.53 Å². The highest BCUT2D eigenvalue weighted by molar-refractivity contribution is 7.14. The fourth-order valence-corrected chi connectivity index (χ4v) is 4.05. The number of rotatable bonds is 3.